The molecule has 0 aromatic carbocycles. The number of fused-ring (bicyclic) bond motifs is 4. The predicted molar refractivity (Wildman–Crippen MR) is 174 cm³/mol. The van der Waals surface area contributed by atoms with E-state index in [-0.39, 0.29) is 47.4 Å². The van der Waals surface area contributed by atoms with Gasteiger partial charge >= 0.3 is 0 Å². The van der Waals surface area contributed by atoms with E-state index in [4.69, 9.17) is 53.6 Å². The number of nitrogens with zero attached hydrogens (tertiary/aromatic N) is 6. The lowest BCUT2D eigenvalue weighted by Crippen LogP contribution is -2.48. The first kappa shape index (κ1) is 33.1. The third kappa shape index (κ3) is 5.94. The Labute approximate surface area is 277 Å². The van der Waals surface area contributed by atoms with Gasteiger partial charge in [-0.3, -0.25) is 28.7 Å². The van der Waals surface area contributed by atoms with Crippen LogP contribution in [-0.2, 0) is 42.1 Å². The molecule has 254 valence electrons. The van der Waals surface area contributed by atoms with Gasteiger partial charge in [0.15, 0.2) is 34.8 Å². The van der Waals surface area contributed by atoms with E-state index >= 15 is 0 Å². The zero-order chi connectivity index (χ0) is 33.4. The van der Waals surface area contributed by atoms with Crippen molar-refractivity contribution in [1.82, 2.24) is 53.7 Å². The summed E-state index contributed by atoms with van der Waals surface area (Å²) in [5, 5.41) is 28.8. The van der Waals surface area contributed by atoms with Crippen molar-refractivity contribution in [3.05, 3.63) is 33.4 Å². The molecule has 3 fully saturated rings. The highest BCUT2D eigenvalue weighted by Crippen LogP contribution is 2.48. The molecule has 7 rings (SSSR count). The number of nitrogens with one attached hydrogen (secondary N) is 5. The van der Waals surface area contributed by atoms with Crippen molar-refractivity contribution in [3.63, 3.8) is 0 Å². The van der Waals surface area contributed by atoms with Gasteiger partial charge < -0.3 is 45.1 Å². The van der Waals surface area contributed by atoms with Crippen LogP contribution in [0, 0.1) is 0 Å². The summed E-state index contributed by atoms with van der Waals surface area (Å²) in [7, 11) is 0. The van der Waals surface area contributed by atoms with Gasteiger partial charge in [-0.05, 0) is 23.6 Å². The minimum absolute atomic E-state index is 0.0382. The summed E-state index contributed by atoms with van der Waals surface area (Å²) in [6.45, 7) is -7.92. The largest absolute Gasteiger partial charge is 0.387 e. The number of aromatic nitrogens is 8. The smallest absolute Gasteiger partial charge is 0.280 e. The molecule has 0 radical (unpaired) electrons. The van der Waals surface area contributed by atoms with Gasteiger partial charge in [0.1, 0.15) is 24.4 Å². The number of imidazole rings is 2. The van der Waals surface area contributed by atoms with Crippen molar-refractivity contribution in [1.29, 1.82) is 0 Å². The Balaban J connectivity index is 1.19. The maximum atomic E-state index is 12.3. The molecular weight excluding hydrogens is 724 g/mol. The molecule has 0 amide bonds. The maximum absolute atomic E-state index is 12.3. The molecule has 3 aliphatic rings. The predicted octanol–water partition coefficient (Wildman–Crippen LogP) is -3.23. The summed E-state index contributed by atoms with van der Waals surface area (Å²) in [4.78, 5) is 57.0. The zero-order valence-corrected chi connectivity index (χ0v) is 27.8. The fourth-order valence-corrected chi connectivity index (χ4v) is 9.50. The van der Waals surface area contributed by atoms with Crippen molar-refractivity contribution >= 4 is 83.9 Å². The number of aliphatic hydroxyl groups excluding tert-OH is 2. The molecule has 12 N–H and O–H groups in total. The van der Waals surface area contributed by atoms with Crippen molar-refractivity contribution in [2.75, 3.05) is 24.7 Å². The van der Waals surface area contributed by atoms with Crippen molar-refractivity contribution in [2.45, 2.75) is 49.0 Å². The lowest BCUT2D eigenvalue weighted by molar-refractivity contribution is -0.0466. The Morgan fingerprint density at radius 3 is 1.83 bits per heavy atom. The number of H-pyrrole nitrogens is 2. The summed E-state index contributed by atoms with van der Waals surface area (Å²) in [5.41, 5.74) is 10.3. The summed E-state index contributed by atoms with van der Waals surface area (Å²) >= 11 is 15.3. The van der Waals surface area contributed by atoms with Crippen molar-refractivity contribution < 1.29 is 33.6 Å². The van der Waals surface area contributed by atoms with Gasteiger partial charge in [0.2, 0.25) is 18.5 Å². The van der Waals surface area contributed by atoms with Crippen molar-refractivity contribution in [3.8, 4) is 0 Å². The third-order valence-corrected chi connectivity index (χ3v) is 13.1. The highest BCUT2D eigenvalue weighted by atomic mass is 32.5. The average molecular weight is 752 g/mol. The molecule has 4 aromatic rings. The first-order valence-corrected chi connectivity index (χ1v) is 19.4. The summed E-state index contributed by atoms with van der Waals surface area (Å²) in [6, 6.07) is -2.11. The average Bonchev–Trinajstić information content (AvgIpc) is 3.76. The van der Waals surface area contributed by atoms with Crippen LogP contribution < -0.4 is 37.3 Å². The van der Waals surface area contributed by atoms with Gasteiger partial charge in [0.05, 0.1) is 38.0 Å². The highest BCUT2D eigenvalue weighted by molar-refractivity contribution is 8.14. The van der Waals surface area contributed by atoms with Gasteiger partial charge in [0.25, 0.3) is 17.8 Å². The minimum atomic E-state index is -3.91. The van der Waals surface area contributed by atoms with Crippen LogP contribution >= 0.6 is 26.0 Å². The van der Waals surface area contributed by atoms with Gasteiger partial charge in [-0.15, -0.1) is 0 Å². The van der Waals surface area contributed by atoms with E-state index < -0.39 is 73.3 Å². The van der Waals surface area contributed by atoms with Crippen LogP contribution in [0.5, 0.6) is 0 Å². The van der Waals surface area contributed by atoms with Crippen LogP contribution in [0.2, 0.25) is 0 Å². The maximum Gasteiger partial charge on any atom is 0.280 e. The summed E-state index contributed by atoms with van der Waals surface area (Å²) in [6.07, 6.45) is -4.69. The molecule has 4 aromatic heterocycles. The third-order valence-electron chi connectivity index (χ3n) is 7.80. The second-order valence-electron chi connectivity index (χ2n) is 10.7. The molecule has 10 atom stereocenters. The molecule has 2 unspecified atom stereocenters. The number of ether oxygens (including phenoxy) is 2. The molecule has 0 bridgehead atoms. The monoisotopic (exact) mass is 751 g/mol. The number of anilines is 2. The van der Waals surface area contributed by atoms with Gasteiger partial charge in [0, 0.05) is 0 Å². The van der Waals surface area contributed by atoms with Gasteiger partial charge in [-0.2, -0.15) is 9.97 Å². The molecule has 0 spiro atoms. The topological polar surface area (TPSA) is 313 Å². The number of thiol groups is 1. The van der Waals surface area contributed by atoms with E-state index in [0.29, 0.717) is 0 Å². The van der Waals surface area contributed by atoms with E-state index in [0.717, 1.165) is 0 Å². The Kier molecular flexibility index (Phi) is 8.55. The molecule has 0 saturated carbocycles. The number of aliphatic hydroxyl groups is 2. The summed E-state index contributed by atoms with van der Waals surface area (Å²) in [5.74, 6) is -0.351. The fraction of sp³-hybridized carbons (Fsp3) is 0.500. The van der Waals surface area contributed by atoms with Gasteiger partial charge in [-0.1, -0.05) is 12.8 Å². The number of hydrogen-bond donors (Lipinski definition) is 11. The van der Waals surface area contributed by atoms with Crippen LogP contribution in [0.15, 0.2) is 22.2 Å². The van der Waals surface area contributed by atoms with Crippen LogP contribution in [0.4, 0.5) is 11.9 Å². The normalized spacial score (nSPS) is 36.6. The molecule has 0 aliphatic carbocycles. The lowest BCUT2D eigenvalue weighted by atomic mass is 10.1. The Bertz CT molecular complexity index is 2080. The highest BCUT2D eigenvalue weighted by Gasteiger charge is 2.51. The van der Waals surface area contributed by atoms with Crippen molar-refractivity contribution in [2.24, 2.45) is 0 Å². The van der Waals surface area contributed by atoms with E-state index in [2.05, 4.69) is 57.4 Å². The van der Waals surface area contributed by atoms with Crippen LogP contribution in [0.25, 0.3) is 22.3 Å². The second kappa shape index (κ2) is 12.2. The molecule has 7 heterocycles. The van der Waals surface area contributed by atoms with E-state index in [1.165, 1.54) is 21.8 Å². The number of nitrogen functional groups attached to an aromatic ring is 2. The quantitative estimate of drug-likeness (QED) is 0.0724. The lowest BCUT2D eigenvalue weighted by Gasteiger charge is -2.33. The number of rotatable bonds is 3. The summed E-state index contributed by atoms with van der Waals surface area (Å²) < 4.78 is 29.4. The SMILES string of the molecule is Nc1nc2c(ncn2[C@@H]2O[C@@H]3COP(=S)(NS)N[C@H]4[C@@H](O)[C@H](n5cnc6c(=O)[nH]c(N)nc65)O[C@@H]4COP(O)(=S)N[C@H]3[C@H]2O)c(=O)[nH]1. The first-order valence-electron chi connectivity index (χ1n) is 13.6. The molecule has 3 aliphatic heterocycles. The zero-order valence-electron chi connectivity index (χ0n) is 23.5. The van der Waals surface area contributed by atoms with Crippen LogP contribution in [0.1, 0.15) is 12.5 Å². The minimum Gasteiger partial charge on any atom is -0.387 e. The van der Waals surface area contributed by atoms with Gasteiger partial charge in [-0.25, -0.2) is 24.6 Å². The number of hydrogen-bond acceptors (Lipinski definition) is 17. The van der Waals surface area contributed by atoms with Crippen LogP contribution in [0.3, 0.4) is 0 Å². The molecule has 47 heavy (non-hydrogen) atoms. The molecule has 3 saturated heterocycles. The molecule has 22 nitrogen and oxygen atoms in total. The fourth-order valence-electron chi connectivity index (χ4n) is 5.68. The Morgan fingerprint density at radius 2 is 1.34 bits per heavy atom. The molecule has 27 heteroatoms. The number of aromatic amines is 2. The Hall–Kier alpha value is -2.45. The Morgan fingerprint density at radius 1 is 0.872 bits per heavy atom. The first-order chi connectivity index (χ1) is 22.3. The van der Waals surface area contributed by atoms with E-state index in [9.17, 15) is 24.7 Å². The van der Waals surface area contributed by atoms with E-state index in [1.54, 1.807) is 0 Å². The van der Waals surface area contributed by atoms with E-state index in [1.807, 2.05) is 0 Å². The second-order valence-corrected chi connectivity index (χ2v) is 17.7. The van der Waals surface area contributed by atoms with Crippen LogP contribution in [-0.4, -0.2) is 104 Å². The standard InChI is InChI=1S/C20H27N13O9P2S3/c21-19-25-13-9(15(36)27-19)23-3-32(13)17-11(34)7-6(42-17)2-40-44(38,47)30-8-5(1-39-43(46,29-7)31-45)41-18(12(8)35)33-4-24-10-14(33)26-20(22)28-16(10)37/h3-8,11-12,17-18,34-35,45H,1-2H2,(H2,29,31,46)(H2,30,38,47)(H3,21,25,27,36)(H3,22,26,28,37)/t5-,6-,7-,8-,11-,12-,17-,18-,43?,44?/m1/s1. The molecular formula is C20H27N13O9P2S3. The number of nitrogens with two attached hydrogens (primary N) is 2.